The number of aromatic amines is 1. The molecule has 0 bridgehead atoms. The van der Waals surface area contributed by atoms with Gasteiger partial charge < -0.3 is 10.6 Å². The summed E-state index contributed by atoms with van der Waals surface area (Å²) in [5.41, 5.74) is 1.26. The van der Waals surface area contributed by atoms with Gasteiger partial charge in [-0.05, 0) is 44.8 Å². The Labute approximate surface area is 153 Å². The Kier molecular flexibility index (Phi) is 4.74. The van der Waals surface area contributed by atoms with Crippen LogP contribution < -0.4 is 10.6 Å². The minimum atomic E-state index is -0.0513. The average Bonchev–Trinajstić information content (AvgIpc) is 3.26. The van der Waals surface area contributed by atoms with Crippen molar-refractivity contribution >= 4 is 5.91 Å². The van der Waals surface area contributed by atoms with Crippen molar-refractivity contribution in [2.75, 3.05) is 26.7 Å². The molecular formula is C19H26N6O. The second-order valence-electron chi connectivity index (χ2n) is 7.57. The molecule has 1 aromatic heterocycles. The molecule has 2 aliphatic heterocycles. The van der Waals surface area contributed by atoms with E-state index in [4.69, 9.17) is 0 Å². The van der Waals surface area contributed by atoms with Crippen LogP contribution in [0.4, 0.5) is 0 Å². The smallest absolute Gasteiger partial charge is 0.237 e. The van der Waals surface area contributed by atoms with E-state index in [1.165, 1.54) is 0 Å². The molecule has 1 amide bonds. The van der Waals surface area contributed by atoms with E-state index in [-0.39, 0.29) is 11.9 Å². The Morgan fingerprint density at radius 2 is 2.08 bits per heavy atom. The minimum absolute atomic E-state index is 0.0513. The predicted molar refractivity (Wildman–Crippen MR) is 99.2 cm³/mol. The Balaban J connectivity index is 1.35. The molecule has 138 valence electrons. The molecule has 3 N–H and O–H groups in total. The molecule has 4 rings (SSSR count). The number of H-pyrrole nitrogens is 1. The molecule has 2 aliphatic rings. The average molecular weight is 354 g/mol. The van der Waals surface area contributed by atoms with Gasteiger partial charge in [0.15, 0.2) is 5.82 Å². The third kappa shape index (κ3) is 3.50. The van der Waals surface area contributed by atoms with Crippen LogP contribution in [0.2, 0.25) is 0 Å². The van der Waals surface area contributed by atoms with E-state index in [9.17, 15) is 4.79 Å². The predicted octanol–water partition coefficient (Wildman–Crippen LogP) is 1.16. The van der Waals surface area contributed by atoms with Crippen LogP contribution in [0.1, 0.15) is 25.1 Å². The van der Waals surface area contributed by atoms with Crippen molar-refractivity contribution in [3.63, 3.8) is 0 Å². The highest BCUT2D eigenvalue weighted by molar-refractivity contribution is 5.82. The monoisotopic (exact) mass is 354 g/mol. The van der Waals surface area contributed by atoms with Gasteiger partial charge in [-0.1, -0.05) is 30.3 Å². The van der Waals surface area contributed by atoms with Crippen LogP contribution in [-0.4, -0.2) is 58.7 Å². The van der Waals surface area contributed by atoms with Crippen molar-refractivity contribution < 1.29 is 4.79 Å². The maximum absolute atomic E-state index is 12.7. The molecule has 0 unspecified atom stereocenters. The zero-order valence-electron chi connectivity index (χ0n) is 15.2. The lowest BCUT2D eigenvalue weighted by Gasteiger charge is -2.33. The van der Waals surface area contributed by atoms with Crippen LogP contribution >= 0.6 is 0 Å². The third-order valence-corrected chi connectivity index (χ3v) is 5.70. The van der Waals surface area contributed by atoms with Crippen molar-refractivity contribution in [1.82, 2.24) is 30.7 Å². The van der Waals surface area contributed by atoms with Crippen LogP contribution in [0.25, 0.3) is 11.4 Å². The lowest BCUT2D eigenvalue weighted by molar-refractivity contribution is -0.125. The fourth-order valence-electron chi connectivity index (χ4n) is 4.26. The van der Waals surface area contributed by atoms with Gasteiger partial charge in [-0.25, -0.2) is 4.98 Å². The van der Waals surface area contributed by atoms with Crippen molar-refractivity contribution in [1.29, 1.82) is 0 Å². The van der Waals surface area contributed by atoms with Gasteiger partial charge in [-0.15, -0.1) is 0 Å². The number of piperidine rings is 1. The van der Waals surface area contributed by atoms with Crippen LogP contribution in [-0.2, 0) is 11.3 Å². The van der Waals surface area contributed by atoms with Gasteiger partial charge in [0.2, 0.25) is 5.91 Å². The number of hydrogen-bond acceptors (Lipinski definition) is 5. The van der Waals surface area contributed by atoms with E-state index in [0.717, 1.165) is 44.5 Å². The standard InChI is InChI=1S/C19H26N6O/c1-25-13-19(7-9-20-10-8-19)11-15(25)18(26)21-12-16-22-17(24-23-16)14-5-3-2-4-6-14/h2-6,15,20H,7-13H2,1H3,(H,21,26)(H,22,23,24)/t15-/m0/s1. The first-order valence-corrected chi connectivity index (χ1v) is 9.31. The first-order valence-electron chi connectivity index (χ1n) is 9.31. The van der Waals surface area contributed by atoms with E-state index in [1.807, 2.05) is 30.3 Å². The molecule has 2 aromatic rings. The van der Waals surface area contributed by atoms with Crippen LogP contribution in [0.3, 0.4) is 0 Å². The van der Waals surface area contributed by atoms with Gasteiger partial charge in [0.05, 0.1) is 12.6 Å². The Hall–Kier alpha value is -2.25. The van der Waals surface area contributed by atoms with Gasteiger partial charge in [0.1, 0.15) is 5.82 Å². The van der Waals surface area contributed by atoms with E-state index in [0.29, 0.717) is 23.6 Å². The summed E-state index contributed by atoms with van der Waals surface area (Å²) in [7, 11) is 2.06. The number of amides is 1. The zero-order chi connectivity index (χ0) is 18.0. The highest BCUT2D eigenvalue weighted by Gasteiger charge is 2.45. The van der Waals surface area contributed by atoms with Crippen LogP contribution in [0.5, 0.6) is 0 Å². The Morgan fingerprint density at radius 3 is 2.85 bits per heavy atom. The molecular weight excluding hydrogens is 328 g/mol. The maximum atomic E-state index is 12.7. The number of aromatic nitrogens is 3. The van der Waals surface area contributed by atoms with Crippen molar-refractivity contribution in [3.8, 4) is 11.4 Å². The summed E-state index contributed by atoms with van der Waals surface area (Å²) < 4.78 is 0. The number of rotatable bonds is 4. The second kappa shape index (κ2) is 7.17. The number of likely N-dealkylation sites (N-methyl/N-ethyl adjacent to an activating group) is 1. The molecule has 7 heteroatoms. The van der Waals surface area contributed by atoms with Gasteiger partial charge >= 0.3 is 0 Å². The quantitative estimate of drug-likeness (QED) is 0.767. The number of carbonyl (C=O) groups excluding carboxylic acids is 1. The molecule has 2 saturated heterocycles. The SMILES string of the molecule is CN1CC2(CCNCC2)C[C@H]1C(=O)NCc1nc(-c2ccccc2)n[nH]1. The molecule has 26 heavy (non-hydrogen) atoms. The highest BCUT2D eigenvalue weighted by atomic mass is 16.2. The number of nitrogens with one attached hydrogen (secondary N) is 3. The third-order valence-electron chi connectivity index (χ3n) is 5.70. The summed E-state index contributed by atoms with van der Waals surface area (Å²) in [6, 6.07) is 9.77. The number of hydrogen-bond donors (Lipinski definition) is 3. The molecule has 0 aliphatic carbocycles. The van der Waals surface area contributed by atoms with E-state index in [2.05, 4.69) is 37.8 Å². The molecule has 7 nitrogen and oxygen atoms in total. The summed E-state index contributed by atoms with van der Waals surface area (Å²) in [5, 5.41) is 13.6. The number of nitrogens with zero attached hydrogens (tertiary/aromatic N) is 3. The molecule has 1 aromatic carbocycles. The molecule has 1 spiro atoms. The molecule has 0 saturated carbocycles. The van der Waals surface area contributed by atoms with E-state index >= 15 is 0 Å². The maximum Gasteiger partial charge on any atom is 0.237 e. The second-order valence-corrected chi connectivity index (χ2v) is 7.57. The molecule has 3 heterocycles. The topological polar surface area (TPSA) is 85.9 Å². The fourth-order valence-corrected chi connectivity index (χ4v) is 4.26. The Morgan fingerprint density at radius 1 is 1.31 bits per heavy atom. The van der Waals surface area contributed by atoms with Gasteiger partial charge in [-0.2, -0.15) is 5.10 Å². The number of carbonyl (C=O) groups is 1. The highest BCUT2D eigenvalue weighted by Crippen LogP contribution is 2.41. The largest absolute Gasteiger partial charge is 0.347 e. The van der Waals surface area contributed by atoms with Crippen molar-refractivity contribution in [2.45, 2.75) is 31.8 Å². The fraction of sp³-hybridized carbons (Fsp3) is 0.526. The Bertz CT molecular complexity index is 752. The van der Waals surface area contributed by atoms with Crippen molar-refractivity contribution in [3.05, 3.63) is 36.2 Å². The summed E-state index contributed by atoms with van der Waals surface area (Å²) in [6.45, 7) is 3.50. The molecule has 1 atom stereocenters. The van der Waals surface area contributed by atoms with Crippen LogP contribution in [0.15, 0.2) is 30.3 Å². The summed E-state index contributed by atoms with van der Waals surface area (Å²) in [6.07, 6.45) is 3.26. The van der Waals surface area contributed by atoms with Gasteiger partial charge in [0, 0.05) is 12.1 Å². The molecule has 0 radical (unpaired) electrons. The number of likely N-dealkylation sites (tertiary alicyclic amines) is 1. The first kappa shape index (κ1) is 17.2. The zero-order valence-corrected chi connectivity index (χ0v) is 15.2. The van der Waals surface area contributed by atoms with Crippen molar-refractivity contribution in [2.24, 2.45) is 5.41 Å². The van der Waals surface area contributed by atoms with Gasteiger partial charge in [0.25, 0.3) is 0 Å². The lowest BCUT2D eigenvalue weighted by atomic mass is 9.77. The summed E-state index contributed by atoms with van der Waals surface area (Å²) >= 11 is 0. The number of benzene rings is 1. The minimum Gasteiger partial charge on any atom is -0.347 e. The van der Waals surface area contributed by atoms with Crippen LogP contribution in [0, 0.1) is 5.41 Å². The van der Waals surface area contributed by atoms with Gasteiger partial charge in [-0.3, -0.25) is 14.8 Å². The summed E-state index contributed by atoms with van der Waals surface area (Å²) in [4.78, 5) is 19.4. The van der Waals surface area contributed by atoms with E-state index < -0.39 is 0 Å². The molecule has 2 fully saturated rings. The first-order chi connectivity index (χ1) is 12.7. The summed E-state index contributed by atoms with van der Waals surface area (Å²) in [5.74, 6) is 1.41. The van der Waals surface area contributed by atoms with E-state index in [1.54, 1.807) is 0 Å². The normalized spacial score (nSPS) is 22.6. The lowest BCUT2D eigenvalue weighted by Crippen LogP contribution is -2.41.